The molecule has 0 aliphatic rings. The second kappa shape index (κ2) is 3.45. The predicted octanol–water partition coefficient (Wildman–Crippen LogP) is 1.97. The Bertz CT molecular complexity index is 491. The quantitative estimate of drug-likeness (QED) is 0.460. The molecule has 0 saturated heterocycles. The average molecular weight is 203 g/mol. The Morgan fingerprint density at radius 2 is 1.93 bits per heavy atom. The van der Waals surface area contributed by atoms with Crippen molar-refractivity contribution in [3.63, 3.8) is 0 Å². The lowest BCUT2D eigenvalue weighted by Crippen LogP contribution is -1.98. The van der Waals surface area contributed by atoms with E-state index in [1.807, 2.05) is 24.5 Å². The number of aromatic nitrogens is 1. The van der Waals surface area contributed by atoms with Gasteiger partial charge in [0, 0.05) is 18.5 Å². The zero-order valence-corrected chi connectivity index (χ0v) is 7.83. The van der Waals surface area contributed by atoms with Crippen molar-refractivity contribution in [1.29, 1.82) is 0 Å². The molecule has 0 saturated carbocycles. The van der Waals surface area contributed by atoms with Crippen LogP contribution in [0.15, 0.2) is 42.7 Å². The number of hydrogen-bond donors (Lipinski definition) is 1. The lowest BCUT2D eigenvalue weighted by molar-refractivity contribution is -0.383. The van der Waals surface area contributed by atoms with Crippen LogP contribution in [0.4, 0.5) is 11.4 Å². The van der Waals surface area contributed by atoms with Crippen LogP contribution in [0.5, 0.6) is 0 Å². The van der Waals surface area contributed by atoms with E-state index in [-0.39, 0.29) is 11.4 Å². The van der Waals surface area contributed by atoms with Gasteiger partial charge < -0.3 is 10.3 Å². The summed E-state index contributed by atoms with van der Waals surface area (Å²) < 4.78 is 1.78. The lowest BCUT2D eigenvalue weighted by Gasteiger charge is -2.03. The van der Waals surface area contributed by atoms with Crippen LogP contribution in [-0.2, 0) is 0 Å². The van der Waals surface area contributed by atoms with E-state index in [4.69, 9.17) is 5.73 Å². The molecule has 0 amide bonds. The molecule has 15 heavy (non-hydrogen) atoms. The van der Waals surface area contributed by atoms with Gasteiger partial charge in [0.1, 0.15) is 5.69 Å². The summed E-state index contributed by atoms with van der Waals surface area (Å²) in [6.07, 6.45) is 3.63. The summed E-state index contributed by atoms with van der Waals surface area (Å²) in [7, 11) is 0. The maximum atomic E-state index is 10.7. The molecule has 0 aliphatic carbocycles. The van der Waals surface area contributed by atoms with Gasteiger partial charge in [-0.25, -0.2) is 0 Å². The molecule has 2 aromatic rings. The Hall–Kier alpha value is -2.30. The standard InChI is InChI=1S/C10H9N3O2/c11-9-4-3-8(7-10(9)13(14)15)12-5-1-2-6-12/h1-7H,11H2. The van der Waals surface area contributed by atoms with E-state index < -0.39 is 4.92 Å². The summed E-state index contributed by atoms with van der Waals surface area (Å²) in [5, 5.41) is 10.7. The van der Waals surface area contributed by atoms with Crippen molar-refractivity contribution >= 4 is 11.4 Å². The summed E-state index contributed by atoms with van der Waals surface area (Å²) in [6.45, 7) is 0. The molecule has 5 nitrogen and oxygen atoms in total. The maximum absolute atomic E-state index is 10.7. The van der Waals surface area contributed by atoms with Gasteiger partial charge in [-0.3, -0.25) is 10.1 Å². The molecule has 0 bridgehead atoms. The average Bonchev–Trinajstić information content (AvgIpc) is 2.71. The number of nitro benzene ring substituents is 1. The van der Waals surface area contributed by atoms with E-state index >= 15 is 0 Å². The molecule has 5 heteroatoms. The van der Waals surface area contributed by atoms with Crippen molar-refractivity contribution in [3.8, 4) is 5.69 Å². The number of nitrogens with zero attached hydrogens (tertiary/aromatic N) is 2. The largest absolute Gasteiger partial charge is 0.393 e. The minimum absolute atomic E-state index is 0.0683. The fraction of sp³-hybridized carbons (Fsp3) is 0. The molecule has 0 fully saturated rings. The van der Waals surface area contributed by atoms with Crippen molar-refractivity contribution < 1.29 is 4.92 Å². The van der Waals surface area contributed by atoms with E-state index in [2.05, 4.69) is 0 Å². The number of nitro groups is 1. The van der Waals surface area contributed by atoms with Crippen molar-refractivity contribution in [2.45, 2.75) is 0 Å². The normalized spacial score (nSPS) is 10.1. The molecule has 0 radical (unpaired) electrons. The highest BCUT2D eigenvalue weighted by molar-refractivity contribution is 5.62. The van der Waals surface area contributed by atoms with Gasteiger partial charge in [0.05, 0.1) is 10.6 Å². The van der Waals surface area contributed by atoms with Gasteiger partial charge in [0.15, 0.2) is 0 Å². The second-order valence-electron chi connectivity index (χ2n) is 3.09. The van der Waals surface area contributed by atoms with Gasteiger partial charge in [0.2, 0.25) is 0 Å². The van der Waals surface area contributed by atoms with E-state index in [0.717, 1.165) is 5.69 Å². The van der Waals surface area contributed by atoms with Crippen LogP contribution in [0.2, 0.25) is 0 Å². The second-order valence-corrected chi connectivity index (χ2v) is 3.09. The van der Waals surface area contributed by atoms with Crippen LogP contribution in [0.3, 0.4) is 0 Å². The van der Waals surface area contributed by atoms with Gasteiger partial charge >= 0.3 is 0 Å². The molecular weight excluding hydrogens is 194 g/mol. The molecule has 0 atom stereocenters. The molecule has 1 heterocycles. The molecule has 1 aromatic carbocycles. The zero-order valence-electron chi connectivity index (χ0n) is 7.83. The molecule has 0 aliphatic heterocycles. The first-order valence-electron chi connectivity index (χ1n) is 4.36. The minimum Gasteiger partial charge on any atom is -0.393 e. The number of nitrogens with two attached hydrogens (primary N) is 1. The Labute approximate surface area is 85.9 Å². The van der Waals surface area contributed by atoms with Crippen LogP contribution in [0.1, 0.15) is 0 Å². The van der Waals surface area contributed by atoms with E-state index in [1.165, 1.54) is 12.1 Å². The van der Waals surface area contributed by atoms with Gasteiger partial charge in [0.25, 0.3) is 5.69 Å². The molecule has 2 rings (SSSR count). The highest BCUT2D eigenvalue weighted by Crippen LogP contribution is 2.24. The monoisotopic (exact) mass is 203 g/mol. The van der Waals surface area contributed by atoms with Crippen LogP contribution in [-0.4, -0.2) is 9.49 Å². The Morgan fingerprint density at radius 3 is 2.53 bits per heavy atom. The van der Waals surface area contributed by atoms with E-state index in [9.17, 15) is 10.1 Å². The van der Waals surface area contributed by atoms with Crippen molar-refractivity contribution in [2.75, 3.05) is 5.73 Å². The van der Waals surface area contributed by atoms with Gasteiger partial charge in [-0.15, -0.1) is 0 Å². The summed E-state index contributed by atoms with van der Waals surface area (Å²) in [5.41, 5.74) is 6.32. The lowest BCUT2D eigenvalue weighted by atomic mass is 10.2. The first-order valence-corrected chi connectivity index (χ1v) is 4.36. The third-order valence-electron chi connectivity index (χ3n) is 2.11. The van der Waals surface area contributed by atoms with E-state index in [1.54, 1.807) is 10.6 Å². The minimum atomic E-state index is -0.484. The molecule has 76 valence electrons. The fourth-order valence-corrected chi connectivity index (χ4v) is 1.36. The Kier molecular flexibility index (Phi) is 2.13. The number of nitrogen functional groups attached to an aromatic ring is 1. The van der Waals surface area contributed by atoms with Crippen molar-refractivity contribution in [1.82, 2.24) is 4.57 Å². The number of hydrogen-bond acceptors (Lipinski definition) is 3. The third-order valence-corrected chi connectivity index (χ3v) is 2.11. The fourth-order valence-electron chi connectivity index (χ4n) is 1.36. The van der Waals surface area contributed by atoms with Crippen molar-refractivity contribution in [3.05, 3.63) is 52.8 Å². The predicted molar refractivity (Wildman–Crippen MR) is 56.8 cm³/mol. The summed E-state index contributed by atoms with van der Waals surface area (Å²) in [5.74, 6) is 0. The maximum Gasteiger partial charge on any atom is 0.294 e. The molecule has 2 N–H and O–H groups in total. The van der Waals surface area contributed by atoms with Gasteiger partial charge in [-0.2, -0.15) is 0 Å². The molecule has 1 aromatic heterocycles. The smallest absolute Gasteiger partial charge is 0.294 e. The molecular formula is C10H9N3O2. The molecule has 0 spiro atoms. The van der Waals surface area contributed by atoms with Crippen LogP contribution in [0, 0.1) is 10.1 Å². The van der Waals surface area contributed by atoms with Crippen molar-refractivity contribution in [2.24, 2.45) is 0 Å². The molecule has 0 unspecified atom stereocenters. The Morgan fingerprint density at radius 1 is 1.27 bits per heavy atom. The first kappa shape index (κ1) is 9.26. The first-order chi connectivity index (χ1) is 7.18. The highest BCUT2D eigenvalue weighted by Gasteiger charge is 2.11. The summed E-state index contributed by atoms with van der Waals surface area (Å²) in [4.78, 5) is 10.2. The topological polar surface area (TPSA) is 74.1 Å². The van der Waals surface area contributed by atoms with Gasteiger partial charge in [-0.1, -0.05) is 0 Å². The zero-order chi connectivity index (χ0) is 10.8. The number of anilines is 1. The summed E-state index contributed by atoms with van der Waals surface area (Å²) in [6, 6.07) is 8.43. The SMILES string of the molecule is Nc1ccc(-n2cccc2)cc1[N+](=O)[O-]. The summed E-state index contributed by atoms with van der Waals surface area (Å²) >= 11 is 0. The van der Waals surface area contributed by atoms with Crippen LogP contribution < -0.4 is 5.73 Å². The van der Waals surface area contributed by atoms with Crippen LogP contribution in [0.25, 0.3) is 5.69 Å². The number of rotatable bonds is 2. The third kappa shape index (κ3) is 1.67. The Balaban J connectivity index is 2.52. The number of benzene rings is 1. The van der Waals surface area contributed by atoms with Gasteiger partial charge in [-0.05, 0) is 24.3 Å². The highest BCUT2D eigenvalue weighted by atomic mass is 16.6. The van der Waals surface area contributed by atoms with E-state index in [0.29, 0.717) is 0 Å². The van der Waals surface area contributed by atoms with Crippen LogP contribution >= 0.6 is 0 Å².